The minimum atomic E-state index is -0.400. The van der Waals surface area contributed by atoms with Gasteiger partial charge in [-0.25, -0.2) is 4.39 Å². The Morgan fingerprint density at radius 2 is 2.05 bits per heavy atom. The normalized spacial score (nSPS) is 28.1. The van der Waals surface area contributed by atoms with E-state index in [-0.39, 0.29) is 18.1 Å². The molecule has 2 aliphatic rings. The average Bonchev–Trinajstić information content (AvgIpc) is 2.79. The number of nitrogens with zero attached hydrogens (tertiary/aromatic N) is 1. The summed E-state index contributed by atoms with van der Waals surface area (Å²) in [4.78, 5) is 12.7. The number of carbonyl (C=O) groups is 1. The molecule has 20 heavy (non-hydrogen) atoms. The van der Waals surface area contributed by atoms with Crippen molar-refractivity contribution in [3.63, 3.8) is 0 Å². The van der Waals surface area contributed by atoms with Crippen molar-refractivity contribution in [1.29, 1.82) is 5.26 Å². The Balaban J connectivity index is 1.86. The highest BCUT2D eigenvalue weighted by Crippen LogP contribution is 2.46. The molecule has 2 heterocycles. The van der Waals surface area contributed by atoms with Gasteiger partial charge in [0.2, 0.25) is 0 Å². The van der Waals surface area contributed by atoms with Crippen LogP contribution in [0.5, 0.6) is 0 Å². The number of nitriles is 1. The van der Waals surface area contributed by atoms with E-state index in [0.717, 1.165) is 12.8 Å². The highest BCUT2D eigenvalue weighted by molar-refractivity contribution is 8.00. The summed E-state index contributed by atoms with van der Waals surface area (Å²) in [6.45, 7) is 0. The molecule has 3 rings (SSSR count). The molecule has 2 fully saturated rings. The van der Waals surface area contributed by atoms with Crippen LogP contribution in [-0.2, 0) is 6.42 Å². The summed E-state index contributed by atoms with van der Waals surface area (Å²) >= 11 is 2.01. The van der Waals surface area contributed by atoms with Crippen molar-refractivity contribution in [2.75, 3.05) is 0 Å². The van der Waals surface area contributed by atoms with Crippen LogP contribution in [0.3, 0.4) is 0 Å². The fraction of sp³-hybridized carbons (Fsp3) is 0.500. The number of halogens is 1. The van der Waals surface area contributed by atoms with E-state index in [0.29, 0.717) is 21.6 Å². The molecule has 0 aliphatic carbocycles. The predicted octanol–water partition coefficient (Wildman–Crippen LogP) is 3.75. The molecular formula is C16H16FNOS. The minimum Gasteiger partial charge on any atom is -0.294 e. The Morgan fingerprint density at radius 1 is 1.35 bits per heavy atom. The van der Waals surface area contributed by atoms with Crippen molar-refractivity contribution in [3.8, 4) is 6.07 Å². The smallest absolute Gasteiger partial charge is 0.166 e. The van der Waals surface area contributed by atoms with Crippen LogP contribution in [0.4, 0.5) is 4.39 Å². The third kappa shape index (κ3) is 2.60. The number of ketones is 1. The Hall–Kier alpha value is -1.34. The van der Waals surface area contributed by atoms with Crippen molar-refractivity contribution in [2.45, 2.75) is 42.6 Å². The molecule has 0 spiro atoms. The van der Waals surface area contributed by atoms with Crippen molar-refractivity contribution in [1.82, 2.24) is 0 Å². The van der Waals surface area contributed by atoms with E-state index >= 15 is 0 Å². The summed E-state index contributed by atoms with van der Waals surface area (Å²) in [6.07, 6.45) is 4.38. The zero-order valence-corrected chi connectivity index (χ0v) is 12.0. The van der Waals surface area contributed by atoms with Crippen LogP contribution >= 0.6 is 11.8 Å². The minimum absolute atomic E-state index is 0.00740. The summed E-state index contributed by atoms with van der Waals surface area (Å²) in [5, 5.41) is 10.0. The number of hydrogen-bond donors (Lipinski definition) is 0. The number of benzene rings is 1. The monoisotopic (exact) mass is 289 g/mol. The van der Waals surface area contributed by atoms with Gasteiger partial charge >= 0.3 is 0 Å². The summed E-state index contributed by atoms with van der Waals surface area (Å²) in [7, 11) is 0. The molecule has 4 heteroatoms. The van der Waals surface area contributed by atoms with Gasteiger partial charge in [0.25, 0.3) is 0 Å². The zero-order valence-electron chi connectivity index (χ0n) is 11.1. The number of carbonyl (C=O) groups excluding carboxylic acids is 1. The van der Waals surface area contributed by atoms with Crippen LogP contribution in [0, 0.1) is 23.1 Å². The van der Waals surface area contributed by atoms with E-state index in [9.17, 15) is 9.18 Å². The second-order valence-electron chi connectivity index (χ2n) is 5.63. The molecule has 2 nitrogen and oxygen atoms in total. The van der Waals surface area contributed by atoms with Gasteiger partial charge in [0.1, 0.15) is 5.82 Å². The first-order chi connectivity index (χ1) is 9.67. The predicted molar refractivity (Wildman–Crippen MR) is 77.2 cm³/mol. The molecule has 1 aromatic rings. The van der Waals surface area contributed by atoms with Crippen molar-refractivity contribution in [2.24, 2.45) is 5.92 Å². The van der Waals surface area contributed by atoms with Crippen molar-refractivity contribution in [3.05, 3.63) is 35.1 Å². The summed E-state index contributed by atoms with van der Waals surface area (Å²) in [6, 6.07) is 6.25. The number of hydrogen-bond acceptors (Lipinski definition) is 3. The third-order valence-corrected chi connectivity index (χ3v) is 5.89. The molecule has 0 aromatic heterocycles. The number of Topliss-reactive ketones (excluding diaryl/α,β-unsaturated/α-hetero) is 1. The van der Waals surface area contributed by atoms with Crippen LogP contribution < -0.4 is 0 Å². The molecule has 0 saturated carbocycles. The van der Waals surface area contributed by atoms with Crippen LogP contribution in [-0.4, -0.2) is 16.3 Å². The molecule has 2 saturated heterocycles. The lowest BCUT2D eigenvalue weighted by molar-refractivity contribution is 0.0905. The molecule has 104 valence electrons. The Morgan fingerprint density at radius 3 is 2.70 bits per heavy atom. The SMILES string of the molecule is N#CCc1ccc(F)cc1C(=O)C1CC2CCC(C1)S2. The Bertz CT molecular complexity index is 568. The lowest BCUT2D eigenvalue weighted by Gasteiger charge is -2.26. The van der Waals surface area contributed by atoms with E-state index in [1.807, 2.05) is 11.8 Å². The molecular weight excluding hydrogens is 273 g/mol. The fourth-order valence-corrected chi connectivity index (χ4v) is 5.08. The second kappa shape index (κ2) is 5.57. The molecule has 0 N–H and O–H groups in total. The Labute approximate surface area is 122 Å². The van der Waals surface area contributed by atoms with Gasteiger partial charge in [-0.15, -0.1) is 0 Å². The van der Waals surface area contributed by atoms with Gasteiger partial charge < -0.3 is 0 Å². The van der Waals surface area contributed by atoms with E-state index in [4.69, 9.17) is 5.26 Å². The van der Waals surface area contributed by atoms with Gasteiger partial charge in [-0.05, 0) is 43.4 Å². The van der Waals surface area contributed by atoms with Crippen LogP contribution in [0.25, 0.3) is 0 Å². The average molecular weight is 289 g/mol. The maximum Gasteiger partial charge on any atom is 0.166 e. The van der Waals surface area contributed by atoms with Gasteiger partial charge in [0, 0.05) is 22.0 Å². The van der Waals surface area contributed by atoms with Gasteiger partial charge in [-0.2, -0.15) is 17.0 Å². The van der Waals surface area contributed by atoms with Gasteiger partial charge in [0.15, 0.2) is 5.78 Å². The summed E-state index contributed by atoms with van der Waals surface area (Å²) in [5.41, 5.74) is 1.08. The molecule has 2 unspecified atom stereocenters. The van der Waals surface area contributed by atoms with E-state index < -0.39 is 5.82 Å². The van der Waals surface area contributed by atoms with Crippen molar-refractivity contribution < 1.29 is 9.18 Å². The highest BCUT2D eigenvalue weighted by Gasteiger charge is 2.38. The molecule has 1 aromatic carbocycles. The van der Waals surface area contributed by atoms with E-state index in [1.165, 1.54) is 25.0 Å². The van der Waals surface area contributed by atoms with E-state index in [2.05, 4.69) is 6.07 Å². The topological polar surface area (TPSA) is 40.9 Å². The quantitative estimate of drug-likeness (QED) is 0.796. The molecule has 2 atom stereocenters. The highest BCUT2D eigenvalue weighted by atomic mass is 32.2. The van der Waals surface area contributed by atoms with Gasteiger partial charge in [-0.3, -0.25) is 4.79 Å². The van der Waals surface area contributed by atoms with Crippen LogP contribution in [0.1, 0.15) is 41.6 Å². The van der Waals surface area contributed by atoms with E-state index in [1.54, 1.807) is 6.07 Å². The number of thioether (sulfide) groups is 1. The van der Waals surface area contributed by atoms with Crippen molar-refractivity contribution >= 4 is 17.5 Å². The first kappa shape index (κ1) is 13.6. The lowest BCUT2D eigenvalue weighted by atomic mass is 9.87. The summed E-state index contributed by atoms with van der Waals surface area (Å²) < 4.78 is 13.4. The first-order valence-corrected chi connectivity index (χ1v) is 7.96. The summed E-state index contributed by atoms with van der Waals surface area (Å²) in [5.74, 6) is -0.358. The number of fused-ring (bicyclic) bond motifs is 2. The maximum atomic E-state index is 13.4. The van der Waals surface area contributed by atoms with Gasteiger partial charge in [-0.1, -0.05) is 6.07 Å². The second-order valence-corrected chi connectivity index (χ2v) is 7.23. The van der Waals surface area contributed by atoms with Crippen LogP contribution in [0.2, 0.25) is 0 Å². The Kier molecular flexibility index (Phi) is 3.80. The lowest BCUT2D eigenvalue weighted by Crippen LogP contribution is -2.25. The molecule has 2 bridgehead atoms. The molecule has 2 aliphatic heterocycles. The molecule has 0 radical (unpaired) electrons. The molecule has 0 amide bonds. The largest absolute Gasteiger partial charge is 0.294 e. The maximum absolute atomic E-state index is 13.4. The fourth-order valence-electron chi connectivity index (χ4n) is 3.31. The van der Waals surface area contributed by atoms with Gasteiger partial charge in [0.05, 0.1) is 12.5 Å². The standard InChI is InChI=1S/C16H16FNOS/c17-12-2-1-10(5-6-18)15(9-12)16(19)11-7-13-3-4-14(8-11)20-13/h1-2,9,11,13-14H,3-5,7-8H2. The first-order valence-electron chi connectivity index (χ1n) is 7.02. The van der Waals surface area contributed by atoms with Crippen LogP contribution in [0.15, 0.2) is 18.2 Å². The third-order valence-electron chi connectivity index (χ3n) is 4.27. The number of rotatable bonds is 3. The zero-order chi connectivity index (χ0) is 14.1.